The lowest BCUT2D eigenvalue weighted by atomic mass is 10.0. The highest BCUT2D eigenvalue weighted by Crippen LogP contribution is 2.32. The highest BCUT2D eigenvalue weighted by Gasteiger charge is 2.25. The summed E-state index contributed by atoms with van der Waals surface area (Å²) in [5, 5.41) is 1.27. The maximum absolute atomic E-state index is 6.09. The van der Waals surface area contributed by atoms with Crippen molar-refractivity contribution in [3.63, 3.8) is 0 Å². The Morgan fingerprint density at radius 2 is 1.57 bits per heavy atom. The second kappa shape index (κ2) is 10.1. The Morgan fingerprint density at radius 3 is 2.17 bits per heavy atom. The molecule has 0 amide bonds. The van der Waals surface area contributed by atoms with Gasteiger partial charge in [-0.15, -0.1) is 0 Å². The van der Waals surface area contributed by atoms with Gasteiger partial charge in [0.15, 0.2) is 0 Å². The molecule has 0 unspecified atom stereocenters. The highest BCUT2D eigenvalue weighted by molar-refractivity contribution is 7.97. The molecule has 1 aromatic rings. The van der Waals surface area contributed by atoms with Gasteiger partial charge in [-0.1, -0.05) is 43.5 Å². The molecular weight excluding hydrogens is 347 g/mol. The lowest BCUT2D eigenvalue weighted by Gasteiger charge is -2.39. The first-order chi connectivity index (χ1) is 11.2. The van der Waals surface area contributed by atoms with E-state index in [1.165, 1.54) is 50.1 Å². The van der Waals surface area contributed by atoms with E-state index in [2.05, 4.69) is 15.3 Å². The predicted molar refractivity (Wildman–Crippen MR) is 104 cm³/mol. The molecule has 130 valence electrons. The molecule has 2 aliphatic heterocycles. The molecule has 2 fully saturated rings. The molecule has 0 bridgehead atoms. The van der Waals surface area contributed by atoms with E-state index < -0.39 is 0 Å². The maximum Gasteiger partial charge on any atom is 0.0603 e. The largest absolute Gasteiger partial charge is 0.300 e. The quantitative estimate of drug-likeness (QED) is 0.601. The number of hydrogen-bond acceptors (Lipinski definition) is 3. The summed E-state index contributed by atoms with van der Waals surface area (Å²) in [4.78, 5) is 3.89. The van der Waals surface area contributed by atoms with Crippen molar-refractivity contribution in [2.24, 2.45) is 0 Å². The molecule has 2 saturated heterocycles. The van der Waals surface area contributed by atoms with Crippen LogP contribution in [0, 0.1) is 0 Å². The Balaban J connectivity index is 0.000000924. The first-order valence-corrected chi connectivity index (χ1v) is 10.4. The Morgan fingerprint density at radius 1 is 0.913 bits per heavy atom. The molecule has 2 heterocycles. The minimum absolute atomic E-state index is 0.629. The lowest BCUT2D eigenvalue weighted by Crippen LogP contribution is -2.45. The van der Waals surface area contributed by atoms with Crippen LogP contribution in [-0.2, 0) is 0 Å². The van der Waals surface area contributed by atoms with Crippen LogP contribution in [0.4, 0.5) is 0 Å². The zero-order valence-electron chi connectivity index (χ0n) is 14.2. The van der Waals surface area contributed by atoms with Crippen molar-refractivity contribution in [1.82, 2.24) is 9.21 Å². The highest BCUT2D eigenvalue weighted by atomic mass is 35.5. The second-order valence-corrected chi connectivity index (χ2v) is 7.91. The van der Waals surface area contributed by atoms with E-state index >= 15 is 0 Å². The molecule has 1 aromatic carbocycles. The number of benzene rings is 1. The minimum Gasteiger partial charge on any atom is -0.300 e. The summed E-state index contributed by atoms with van der Waals surface area (Å²) in [6.45, 7) is 8.94. The predicted octanol–water partition coefficient (Wildman–Crippen LogP) is 5.98. The summed E-state index contributed by atoms with van der Waals surface area (Å²) in [5.74, 6) is 0. The summed E-state index contributed by atoms with van der Waals surface area (Å²) in [6, 6.07) is 6.70. The van der Waals surface area contributed by atoms with Gasteiger partial charge < -0.3 is 4.90 Å². The van der Waals surface area contributed by atoms with Crippen molar-refractivity contribution in [2.75, 3.05) is 26.2 Å². The monoisotopic (exact) mass is 374 g/mol. The van der Waals surface area contributed by atoms with E-state index in [1.807, 2.05) is 37.9 Å². The first-order valence-electron chi connectivity index (χ1n) is 8.84. The zero-order chi connectivity index (χ0) is 16.7. The number of halogens is 2. The van der Waals surface area contributed by atoms with Gasteiger partial charge in [0.05, 0.1) is 10.0 Å². The summed E-state index contributed by atoms with van der Waals surface area (Å²) >= 11 is 13.9. The van der Waals surface area contributed by atoms with Crippen LogP contribution in [0.15, 0.2) is 23.1 Å². The fourth-order valence-corrected chi connectivity index (χ4v) is 4.62. The van der Waals surface area contributed by atoms with Crippen molar-refractivity contribution < 1.29 is 0 Å². The van der Waals surface area contributed by atoms with Crippen molar-refractivity contribution in [2.45, 2.75) is 56.9 Å². The van der Waals surface area contributed by atoms with E-state index in [1.54, 1.807) is 0 Å². The average molecular weight is 375 g/mol. The third-order valence-corrected chi connectivity index (χ3v) is 6.28. The third kappa shape index (κ3) is 5.82. The van der Waals surface area contributed by atoms with Gasteiger partial charge >= 0.3 is 0 Å². The van der Waals surface area contributed by atoms with E-state index in [9.17, 15) is 0 Å². The third-order valence-electron chi connectivity index (χ3n) is 4.46. The molecule has 0 spiro atoms. The standard InChI is InChI=1S/C16H22Cl2N2S.C2H6/c17-15-5-4-14(12-16(15)18)21-20-10-6-13(7-11-20)19-8-2-1-3-9-19;1-2/h4-5,12-13H,1-3,6-11H2;1-2H3. The van der Waals surface area contributed by atoms with Crippen LogP contribution in [0.1, 0.15) is 46.0 Å². The van der Waals surface area contributed by atoms with Crippen molar-refractivity contribution in [1.29, 1.82) is 0 Å². The number of likely N-dealkylation sites (tertiary alicyclic amines) is 1. The normalized spacial score (nSPS) is 20.9. The maximum atomic E-state index is 6.09. The topological polar surface area (TPSA) is 6.48 Å². The van der Waals surface area contributed by atoms with Gasteiger partial charge in [-0.3, -0.25) is 0 Å². The Hall–Kier alpha value is 0.0700. The van der Waals surface area contributed by atoms with Gasteiger partial charge in [0.1, 0.15) is 0 Å². The molecule has 0 aliphatic carbocycles. The molecule has 0 radical (unpaired) electrons. The van der Waals surface area contributed by atoms with Crippen LogP contribution < -0.4 is 0 Å². The van der Waals surface area contributed by atoms with E-state index in [0.717, 1.165) is 19.1 Å². The van der Waals surface area contributed by atoms with E-state index in [0.29, 0.717) is 10.0 Å². The Kier molecular flexibility index (Phi) is 8.56. The minimum atomic E-state index is 0.629. The molecule has 2 aliphatic rings. The van der Waals surface area contributed by atoms with Crippen LogP contribution in [-0.4, -0.2) is 41.4 Å². The van der Waals surface area contributed by atoms with Gasteiger partial charge in [0, 0.05) is 24.0 Å². The van der Waals surface area contributed by atoms with Gasteiger partial charge in [0.25, 0.3) is 0 Å². The molecular formula is C18H28Cl2N2S. The van der Waals surface area contributed by atoms with Crippen LogP contribution in [0.25, 0.3) is 0 Å². The summed E-state index contributed by atoms with van der Waals surface area (Å²) in [6.07, 6.45) is 6.77. The zero-order valence-corrected chi connectivity index (χ0v) is 16.6. The van der Waals surface area contributed by atoms with Crippen LogP contribution in [0.5, 0.6) is 0 Å². The first kappa shape index (κ1) is 19.4. The molecule has 0 N–H and O–H groups in total. The number of hydrogen-bond donors (Lipinski definition) is 0. The van der Waals surface area contributed by atoms with E-state index in [-0.39, 0.29) is 0 Å². The summed E-state index contributed by atoms with van der Waals surface area (Å²) < 4.78 is 2.46. The summed E-state index contributed by atoms with van der Waals surface area (Å²) in [7, 11) is 0. The van der Waals surface area contributed by atoms with Crippen LogP contribution in [0.2, 0.25) is 10.0 Å². The molecule has 0 saturated carbocycles. The van der Waals surface area contributed by atoms with Crippen LogP contribution in [0.3, 0.4) is 0 Å². The second-order valence-electron chi connectivity index (χ2n) is 5.92. The number of piperidine rings is 2. The molecule has 0 atom stereocenters. The SMILES string of the molecule is CC.Clc1ccc(SN2CCC(N3CCCCC3)CC2)cc1Cl. The van der Waals surface area contributed by atoms with Crippen molar-refractivity contribution in [3.05, 3.63) is 28.2 Å². The lowest BCUT2D eigenvalue weighted by molar-refractivity contribution is 0.120. The van der Waals surface area contributed by atoms with E-state index in [4.69, 9.17) is 23.2 Å². The molecule has 23 heavy (non-hydrogen) atoms. The Bertz CT molecular complexity index is 470. The Labute approximate surface area is 155 Å². The van der Waals surface area contributed by atoms with Gasteiger partial charge in [-0.25, -0.2) is 4.31 Å². The van der Waals surface area contributed by atoms with Crippen molar-refractivity contribution in [3.8, 4) is 0 Å². The van der Waals surface area contributed by atoms with Crippen molar-refractivity contribution >= 4 is 35.1 Å². The van der Waals surface area contributed by atoms with Gasteiger partial charge in [0.2, 0.25) is 0 Å². The fourth-order valence-electron chi connectivity index (χ4n) is 3.26. The fraction of sp³-hybridized carbons (Fsp3) is 0.667. The van der Waals surface area contributed by atoms with Crippen LogP contribution >= 0.6 is 35.1 Å². The number of rotatable bonds is 3. The summed E-state index contributed by atoms with van der Waals surface area (Å²) in [5.41, 5.74) is 0. The molecule has 0 aromatic heterocycles. The smallest absolute Gasteiger partial charge is 0.0603 e. The number of nitrogens with zero attached hydrogens (tertiary/aromatic N) is 2. The molecule has 2 nitrogen and oxygen atoms in total. The average Bonchev–Trinajstić information content (AvgIpc) is 2.61. The molecule has 3 rings (SSSR count). The molecule has 5 heteroatoms. The van der Waals surface area contributed by atoms with Gasteiger partial charge in [-0.2, -0.15) is 0 Å². The van der Waals surface area contributed by atoms with Gasteiger partial charge in [-0.05, 0) is 68.9 Å².